The number of nitrogens with one attached hydrogen (secondary N) is 1. The molecule has 0 saturated carbocycles. The molecule has 0 unspecified atom stereocenters. The van der Waals surface area contributed by atoms with E-state index in [1.807, 2.05) is 18.3 Å². The molecule has 4 nitrogen and oxygen atoms in total. The van der Waals surface area contributed by atoms with E-state index in [0.717, 1.165) is 34.4 Å². The van der Waals surface area contributed by atoms with Crippen LogP contribution in [0, 0.1) is 0 Å². The molecule has 1 aromatic heterocycles. The van der Waals surface area contributed by atoms with Gasteiger partial charge in [0, 0.05) is 29.6 Å². The van der Waals surface area contributed by atoms with Crippen LogP contribution >= 0.6 is 0 Å². The van der Waals surface area contributed by atoms with Crippen molar-refractivity contribution in [2.24, 2.45) is 0 Å². The summed E-state index contributed by atoms with van der Waals surface area (Å²) in [6, 6.07) is 3.92. The first kappa shape index (κ1) is 10.2. The van der Waals surface area contributed by atoms with Crippen molar-refractivity contribution in [2.75, 3.05) is 6.79 Å². The molecule has 1 aromatic carbocycles. The molecule has 0 amide bonds. The van der Waals surface area contributed by atoms with E-state index in [9.17, 15) is 4.79 Å². The highest BCUT2D eigenvalue weighted by Gasteiger charge is 2.16. The summed E-state index contributed by atoms with van der Waals surface area (Å²) in [6.07, 6.45) is 3.28. The van der Waals surface area contributed by atoms with Crippen LogP contribution in [0.3, 0.4) is 0 Å². The molecule has 88 valence electrons. The molecule has 2 aromatic rings. The average molecular weight is 231 g/mol. The molecule has 0 aliphatic carbocycles. The first-order valence-corrected chi connectivity index (χ1v) is 5.63. The van der Waals surface area contributed by atoms with E-state index in [1.165, 1.54) is 0 Å². The summed E-state index contributed by atoms with van der Waals surface area (Å²) in [5.74, 6) is 1.76. The van der Waals surface area contributed by atoms with E-state index in [0.29, 0.717) is 6.42 Å². The van der Waals surface area contributed by atoms with Gasteiger partial charge in [-0.1, -0.05) is 0 Å². The Morgan fingerprint density at radius 3 is 2.88 bits per heavy atom. The summed E-state index contributed by atoms with van der Waals surface area (Å²) in [5.41, 5.74) is 2.17. The Bertz CT molecular complexity index is 586. The van der Waals surface area contributed by atoms with Gasteiger partial charge >= 0.3 is 0 Å². The molecule has 0 saturated heterocycles. The maximum atomic E-state index is 11.0. The molecule has 2 heterocycles. The Hall–Kier alpha value is -1.97. The summed E-state index contributed by atoms with van der Waals surface area (Å²) in [6.45, 7) is 1.90. The number of ether oxygens (including phenoxy) is 2. The number of carbonyl (C=O) groups excluding carboxylic acids is 1. The van der Waals surface area contributed by atoms with Crippen LogP contribution in [0.25, 0.3) is 10.9 Å². The van der Waals surface area contributed by atoms with Crippen molar-refractivity contribution in [2.45, 2.75) is 19.8 Å². The van der Waals surface area contributed by atoms with Gasteiger partial charge in [-0.05, 0) is 25.0 Å². The maximum Gasteiger partial charge on any atom is 0.231 e. The number of H-pyrrole nitrogens is 1. The number of carbonyl (C=O) groups is 1. The van der Waals surface area contributed by atoms with Gasteiger partial charge in [-0.3, -0.25) is 0 Å². The van der Waals surface area contributed by atoms with Crippen molar-refractivity contribution in [3.8, 4) is 11.5 Å². The van der Waals surface area contributed by atoms with E-state index in [1.54, 1.807) is 6.92 Å². The average Bonchev–Trinajstić information content (AvgIpc) is 2.88. The maximum absolute atomic E-state index is 11.0. The molecule has 1 aliphatic heterocycles. The molecule has 1 N–H and O–H groups in total. The zero-order chi connectivity index (χ0) is 11.8. The smallest absolute Gasteiger partial charge is 0.231 e. The number of fused-ring (bicyclic) bond motifs is 2. The molecule has 3 rings (SSSR count). The predicted molar refractivity (Wildman–Crippen MR) is 63.4 cm³/mol. The Morgan fingerprint density at radius 1 is 1.35 bits per heavy atom. The summed E-state index contributed by atoms with van der Waals surface area (Å²) in [5, 5.41) is 1.11. The zero-order valence-corrected chi connectivity index (χ0v) is 9.58. The number of aromatic amines is 1. The van der Waals surface area contributed by atoms with Crippen LogP contribution in [0.5, 0.6) is 11.5 Å². The quantitative estimate of drug-likeness (QED) is 0.882. The lowest BCUT2D eigenvalue weighted by molar-refractivity contribution is -0.116. The fourth-order valence-electron chi connectivity index (χ4n) is 2.09. The molecule has 0 radical (unpaired) electrons. The van der Waals surface area contributed by atoms with Gasteiger partial charge in [0.25, 0.3) is 0 Å². The van der Waals surface area contributed by atoms with Gasteiger partial charge < -0.3 is 19.3 Å². The largest absolute Gasteiger partial charge is 0.454 e. The molecule has 0 spiro atoms. The van der Waals surface area contributed by atoms with Crippen molar-refractivity contribution < 1.29 is 14.3 Å². The van der Waals surface area contributed by atoms with Crippen molar-refractivity contribution in [3.63, 3.8) is 0 Å². The van der Waals surface area contributed by atoms with Gasteiger partial charge in [0.05, 0.1) is 0 Å². The van der Waals surface area contributed by atoms with Gasteiger partial charge in [0.1, 0.15) is 5.78 Å². The number of Topliss-reactive ketones (excluding diaryl/α,β-unsaturated/α-hetero) is 1. The van der Waals surface area contributed by atoms with Crippen molar-refractivity contribution in [1.82, 2.24) is 4.98 Å². The van der Waals surface area contributed by atoms with Crippen molar-refractivity contribution >= 4 is 16.7 Å². The number of hydrogen-bond acceptors (Lipinski definition) is 3. The van der Waals surface area contributed by atoms with Gasteiger partial charge in [0.2, 0.25) is 6.79 Å². The van der Waals surface area contributed by atoms with Gasteiger partial charge in [0.15, 0.2) is 11.5 Å². The Morgan fingerprint density at radius 2 is 2.12 bits per heavy atom. The fourth-order valence-corrected chi connectivity index (χ4v) is 2.09. The molecule has 4 heteroatoms. The number of aromatic nitrogens is 1. The van der Waals surface area contributed by atoms with Crippen LogP contribution in [0.1, 0.15) is 18.9 Å². The molecular weight excluding hydrogens is 218 g/mol. The normalized spacial score (nSPS) is 13.2. The molecule has 0 atom stereocenters. The lowest BCUT2D eigenvalue weighted by Crippen LogP contribution is -1.93. The van der Waals surface area contributed by atoms with E-state index in [4.69, 9.17) is 9.47 Å². The molecule has 1 aliphatic rings. The highest BCUT2D eigenvalue weighted by Crippen LogP contribution is 2.37. The molecule has 0 fully saturated rings. The van der Waals surface area contributed by atoms with Crippen molar-refractivity contribution in [3.05, 3.63) is 23.9 Å². The third-order valence-electron chi connectivity index (χ3n) is 3.01. The van der Waals surface area contributed by atoms with E-state index < -0.39 is 0 Å². The molecular formula is C13H13NO3. The highest BCUT2D eigenvalue weighted by molar-refractivity contribution is 5.87. The number of benzene rings is 1. The first-order chi connectivity index (χ1) is 8.24. The summed E-state index contributed by atoms with van der Waals surface area (Å²) in [7, 11) is 0. The fraction of sp³-hybridized carbons (Fsp3) is 0.308. The second-order valence-corrected chi connectivity index (χ2v) is 4.27. The van der Waals surface area contributed by atoms with E-state index >= 15 is 0 Å². The van der Waals surface area contributed by atoms with Crippen LogP contribution in [0.4, 0.5) is 0 Å². The van der Waals surface area contributed by atoms with Crippen molar-refractivity contribution in [1.29, 1.82) is 0 Å². The summed E-state index contributed by atoms with van der Waals surface area (Å²) < 4.78 is 10.7. The minimum atomic E-state index is 0.208. The van der Waals surface area contributed by atoms with Crippen LogP contribution in [0.15, 0.2) is 18.3 Å². The lowest BCUT2D eigenvalue weighted by Gasteiger charge is -1.99. The lowest BCUT2D eigenvalue weighted by atomic mass is 10.1. The Kier molecular flexibility index (Phi) is 2.28. The van der Waals surface area contributed by atoms with Crippen LogP contribution in [-0.2, 0) is 11.2 Å². The molecule has 17 heavy (non-hydrogen) atoms. The monoisotopic (exact) mass is 231 g/mol. The van der Waals surface area contributed by atoms with Crippen LogP contribution < -0.4 is 9.47 Å². The minimum absolute atomic E-state index is 0.208. The number of ketones is 1. The second kappa shape index (κ2) is 3.80. The van der Waals surface area contributed by atoms with Crippen LogP contribution in [-0.4, -0.2) is 17.6 Å². The summed E-state index contributed by atoms with van der Waals surface area (Å²) in [4.78, 5) is 14.2. The standard InChI is InChI=1S/C13H13NO3/c1-8(15)2-3-9-6-14-11-5-13-12(4-10(9)11)16-7-17-13/h4-6,14H,2-3,7H2,1H3. The topological polar surface area (TPSA) is 51.3 Å². The van der Waals surface area contributed by atoms with Gasteiger partial charge in [-0.25, -0.2) is 0 Å². The van der Waals surface area contributed by atoms with Gasteiger partial charge in [-0.2, -0.15) is 0 Å². The SMILES string of the molecule is CC(=O)CCc1c[nH]c2cc3c(cc12)OCO3. The number of aryl methyl sites for hydroxylation is 1. The predicted octanol–water partition coefficient (Wildman–Crippen LogP) is 2.42. The third kappa shape index (κ3) is 1.75. The third-order valence-corrected chi connectivity index (χ3v) is 3.01. The Balaban J connectivity index is 2.00. The van der Waals surface area contributed by atoms with Gasteiger partial charge in [-0.15, -0.1) is 0 Å². The number of rotatable bonds is 3. The Labute approximate surface area is 98.5 Å². The minimum Gasteiger partial charge on any atom is -0.454 e. The second-order valence-electron chi connectivity index (χ2n) is 4.27. The van der Waals surface area contributed by atoms with Crippen LogP contribution in [0.2, 0.25) is 0 Å². The number of hydrogen-bond donors (Lipinski definition) is 1. The highest BCUT2D eigenvalue weighted by atomic mass is 16.7. The van der Waals surface area contributed by atoms with E-state index in [2.05, 4.69) is 4.98 Å². The molecule has 0 bridgehead atoms. The zero-order valence-electron chi connectivity index (χ0n) is 9.58. The first-order valence-electron chi connectivity index (χ1n) is 5.63. The van der Waals surface area contributed by atoms with E-state index in [-0.39, 0.29) is 12.6 Å². The summed E-state index contributed by atoms with van der Waals surface area (Å²) >= 11 is 0.